The molecule has 1 saturated heterocycles. The van der Waals surface area contributed by atoms with E-state index in [1.165, 1.54) is 11.3 Å². The zero-order chi connectivity index (χ0) is 11.1. The van der Waals surface area contributed by atoms with Gasteiger partial charge < -0.3 is 15.4 Å². The van der Waals surface area contributed by atoms with E-state index in [1.807, 2.05) is 11.4 Å². The van der Waals surface area contributed by atoms with Gasteiger partial charge in [-0.15, -0.1) is 11.3 Å². The van der Waals surface area contributed by atoms with Crippen molar-refractivity contribution in [3.8, 4) is 5.75 Å². The standard InChI is InChI=1S/C11H14N2O2S/c1-15-8-2-3-16-10(8)11(14)13-9-6-4-12-5-7(6)9/h2-3,6-7,9,12H,4-5H2,1H3,(H,13,14). The minimum absolute atomic E-state index is 0.00579. The Morgan fingerprint density at radius 1 is 1.56 bits per heavy atom. The molecule has 2 atom stereocenters. The zero-order valence-corrected chi connectivity index (χ0v) is 9.84. The van der Waals surface area contributed by atoms with Crippen molar-refractivity contribution in [1.82, 2.24) is 10.6 Å². The summed E-state index contributed by atoms with van der Waals surface area (Å²) >= 11 is 1.43. The summed E-state index contributed by atoms with van der Waals surface area (Å²) in [5, 5.41) is 8.27. The Morgan fingerprint density at radius 2 is 2.31 bits per heavy atom. The van der Waals surface area contributed by atoms with E-state index in [-0.39, 0.29) is 5.91 Å². The summed E-state index contributed by atoms with van der Waals surface area (Å²) in [7, 11) is 1.59. The van der Waals surface area contributed by atoms with Crippen molar-refractivity contribution >= 4 is 17.2 Å². The molecule has 0 bridgehead atoms. The maximum Gasteiger partial charge on any atom is 0.265 e. The predicted octanol–water partition coefficient (Wildman–Crippen LogP) is 0.704. The molecule has 5 heteroatoms. The van der Waals surface area contributed by atoms with Gasteiger partial charge in [0.25, 0.3) is 5.91 Å². The van der Waals surface area contributed by atoms with Gasteiger partial charge in [-0.25, -0.2) is 0 Å². The van der Waals surface area contributed by atoms with Crippen molar-refractivity contribution in [1.29, 1.82) is 0 Å². The SMILES string of the molecule is COc1ccsc1C(=O)NC1C2CNCC21. The number of fused-ring (bicyclic) bond motifs is 1. The van der Waals surface area contributed by atoms with Crippen LogP contribution in [0, 0.1) is 11.8 Å². The van der Waals surface area contributed by atoms with Crippen LogP contribution in [0.25, 0.3) is 0 Å². The molecule has 0 aromatic carbocycles. The van der Waals surface area contributed by atoms with Crippen LogP contribution < -0.4 is 15.4 Å². The molecule has 1 aliphatic carbocycles. The lowest BCUT2D eigenvalue weighted by molar-refractivity contribution is 0.0948. The summed E-state index contributed by atoms with van der Waals surface area (Å²) in [5.74, 6) is 1.97. The molecule has 1 aromatic heterocycles. The highest BCUT2D eigenvalue weighted by molar-refractivity contribution is 7.12. The zero-order valence-electron chi connectivity index (χ0n) is 9.03. The average Bonchev–Trinajstić information content (AvgIpc) is 2.81. The van der Waals surface area contributed by atoms with Gasteiger partial charge in [0.15, 0.2) is 0 Å². The minimum atomic E-state index is 0.00579. The number of hydrogen-bond donors (Lipinski definition) is 2. The summed E-state index contributed by atoms with van der Waals surface area (Å²) in [6.45, 7) is 2.08. The lowest BCUT2D eigenvalue weighted by Gasteiger charge is -2.07. The number of methoxy groups -OCH3 is 1. The fourth-order valence-electron chi connectivity index (χ4n) is 2.47. The molecule has 2 unspecified atom stereocenters. The number of carbonyl (C=O) groups excluding carboxylic acids is 1. The van der Waals surface area contributed by atoms with Crippen LogP contribution in [-0.2, 0) is 0 Å². The Kier molecular flexibility index (Phi) is 2.37. The summed E-state index contributed by atoms with van der Waals surface area (Å²) in [5.41, 5.74) is 0. The second kappa shape index (κ2) is 3.75. The summed E-state index contributed by atoms with van der Waals surface area (Å²) < 4.78 is 5.14. The van der Waals surface area contributed by atoms with Crippen LogP contribution in [0.2, 0.25) is 0 Å². The van der Waals surface area contributed by atoms with E-state index >= 15 is 0 Å². The molecular weight excluding hydrogens is 224 g/mol. The van der Waals surface area contributed by atoms with E-state index in [9.17, 15) is 4.79 Å². The predicted molar refractivity (Wildman–Crippen MR) is 62.0 cm³/mol. The Morgan fingerprint density at radius 3 is 3.00 bits per heavy atom. The van der Waals surface area contributed by atoms with Crippen LogP contribution in [0.3, 0.4) is 0 Å². The number of ether oxygens (including phenoxy) is 1. The average molecular weight is 238 g/mol. The third-order valence-electron chi connectivity index (χ3n) is 3.44. The molecule has 1 amide bonds. The summed E-state index contributed by atoms with van der Waals surface area (Å²) in [6, 6.07) is 2.20. The van der Waals surface area contributed by atoms with Gasteiger partial charge >= 0.3 is 0 Å². The Labute approximate surface area is 98.0 Å². The molecular formula is C11H14N2O2S. The van der Waals surface area contributed by atoms with Gasteiger partial charge in [0.05, 0.1) is 7.11 Å². The quantitative estimate of drug-likeness (QED) is 0.815. The topological polar surface area (TPSA) is 50.4 Å². The van der Waals surface area contributed by atoms with Gasteiger partial charge in [0.1, 0.15) is 10.6 Å². The van der Waals surface area contributed by atoms with Gasteiger partial charge in [0, 0.05) is 19.1 Å². The third kappa shape index (κ3) is 1.51. The van der Waals surface area contributed by atoms with Crippen LogP contribution in [-0.4, -0.2) is 32.1 Å². The second-order valence-electron chi connectivity index (χ2n) is 4.30. The molecule has 86 valence electrons. The highest BCUT2D eigenvalue weighted by Gasteiger charge is 2.53. The number of hydrogen-bond acceptors (Lipinski definition) is 4. The summed E-state index contributed by atoms with van der Waals surface area (Å²) in [6.07, 6.45) is 0. The molecule has 2 fully saturated rings. The van der Waals surface area contributed by atoms with E-state index in [1.54, 1.807) is 7.11 Å². The van der Waals surface area contributed by atoms with E-state index in [0.717, 1.165) is 13.1 Å². The van der Waals surface area contributed by atoms with Crippen molar-refractivity contribution in [3.63, 3.8) is 0 Å². The molecule has 4 nitrogen and oxygen atoms in total. The molecule has 2 aliphatic rings. The maximum absolute atomic E-state index is 12.0. The Balaban J connectivity index is 1.66. The molecule has 2 heterocycles. The number of carbonyl (C=O) groups is 1. The highest BCUT2D eigenvalue weighted by Crippen LogP contribution is 2.42. The summed E-state index contributed by atoms with van der Waals surface area (Å²) in [4.78, 5) is 12.6. The molecule has 3 rings (SSSR count). The smallest absolute Gasteiger partial charge is 0.265 e. The number of piperidine rings is 1. The van der Waals surface area contributed by atoms with Crippen LogP contribution in [0.15, 0.2) is 11.4 Å². The fraction of sp³-hybridized carbons (Fsp3) is 0.545. The molecule has 1 aliphatic heterocycles. The highest BCUT2D eigenvalue weighted by atomic mass is 32.1. The van der Waals surface area contributed by atoms with Crippen molar-refractivity contribution in [2.75, 3.05) is 20.2 Å². The number of rotatable bonds is 3. The van der Waals surface area contributed by atoms with Crippen LogP contribution in [0.5, 0.6) is 5.75 Å². The molecule has 1 saturated carbocycles. The van der Waals surface area contributed by atoms with E-state index in [4.69, 9.17) is 4.74 Å². The van der Waals surface area contributed by atoms with E-state index < -0.39 is 0 Å². The van der Waals surface area contributed by atoms with Crippen LogP contribution in [0.4, 0.5) is 0 Å². The first-order chi connectivity index (χ1) is 7.81. The molecule has 16 heavy (non-hydrogen) atoms. The van der Waals surface area contributed by atoms with Crippen LogP contribution in [0.1, 0.15) is 9.67 Å². The van der Waals surface area contributed by atoms with Gasteiger partial charge in [-0.05, 0) is 23.3 Å². The van der Waals surface area contributed by atoms with Gasteiger partial charge in [-0.1, -0.05) is 0 Å². The van der Waals surface area contributed by atoms with Crippen molar-refractivity contribution in [2.45, 2.75) is 6.04 Å². The Bertz CT molecular complexity index is 408. The third-order valence-corrected chi connectivity index (χ3v) is 4.34. The first kappa shape index (κ1) is 10.1. The lowest BCUT2D eigenvalue weighted by atomic mass is 10.3. The van der Waals surface area contributed by atoms with Gasteiger partial charge in [0.2, 0.25) is 0 Å². The maximum atomic E-state index is 12.0. The van der Waals surface area contributed by atoms with Crippen molar-refractivity contribution in [2.24, 2.45) is 11.8 Å². The molecule has 1 aromatic rings. The van der Waals surface area contributed by atoms with E-state index in [0.29, 0.717) is 28.5 Å². The van der Waals surface area contributed by atoms with Crippen molar-refractivity contribution < 1.29 is 9.53 Å². The first-order valence-electron chi connectivity index (χ1n) is 5.44. The largest absolute Gasteiger partial charge is 0.495 e. The van der Waals surface area contributed by atoms with Gasteiger partial charge in [-0.3, -0.25) is 4.79 Å². The lowest BCUT2D eigenvalue weighted by Crippen LogP contribution is -2.32. The number of nitrogens with one attached hydrogen (secondary N) is 2. The van der Waals surface area contributed by atoms with Crippen molar-refractivity contribution in [3.05, 3.63) is 16.3 Å². The van der Waals surface area contributed by atoms with Crippen LogP contribution >= 0.6 is 11.3 Å². The molecule has 0 radical (unpaired) electrons. The number of amides is 1. The van der Waals surface area contributed by atoms with Gasteiger partial charge in [-0.2, -0.15) is 0 Å². The Hall–Kier alpha value is -1.07. The normalized spacial score (nSPS) is 30.9. The second-order valence-corrected chi connectivity index (χ2v) is 5.22. The van der Waals surface area contributed by atoms with E-state index in [2.05, 4.69) is 10.6 Å². The fourth-order valence-corrected chi connectivity index (χ4v) is 3.23. The first-order valence-corrected chi connectivity index (χ1v) is 6.32. The number of thiophene rings is 1. The molecule has 0 spiro atoms. The monoisotopic (exact) mass is 238 g/mol. The minimum Gasteiger partial charge on any atom is -0.495 e. The molecule has 2 N–H and O–H groups in total.